The van der Waals surface area contributed by atoms with Crippen LogP contribution in [0.3, 0.4) is 0 Å². The van der Waals surface area contributed by atoms with Gasteiger partial charge in [0.05, 0.1) is 24.9 Å². The maximum Gasteiger partial charge on any atom is 0.251 e. The molecule has 0 aliphatic heterocycles. The van der Waals surface area contributed by atoms with E-state index in [2.05, 4.69) is 20.7 Å². The molecule has 1 aromatic carbocycles. The molecule has 1 saturated carbocycles. The highest BCUT2D eigenvalue weighted by atomic mass is 16.3. The molecule has 0 bridgehead atoms. The summed E-state index contributed by atoms with van der Waals surface area (Å²) >= 11 is 0. The zero-order valence-electron chi connectivity index (χ0n) is 14.8. The lowest BCUT2D eigenvalue weighted by Gasteiger charge is -2.16. The van der Waals surface area contributed by atoms with E-state index in [1.165, 1.54) is 0 Å². The van der Waals surface area contributed by atoms with Crippen molar-refractivity contribution in [3.63, 3.8) is 0 Å². The third-order valence-corrected chi connectivity index (χ3v) is 4.98. The van der Waals surface area contributed by atoms with Crippen LogP contribution in [0, 0.1) is 5.92 Å². The highest BCUT2D eigenvalue weighted by molar-refractivity contribution is 5.94. The molecule has 27 heavy (non-hydrogen) atoms. The van der Waals surface area contributed by atoms with Crippen LogP contribution in [0.5, 0.6) is 0 Å². The number of aliphatic hydroxyl groups excluding tert-OH is 1. The van der Waals surface area contributed by atoms with E-state index in [0.717, 1.165) is 18.5 Å². The first kappa shape index (κ1) is 17.4. The summed E-state index contributed by atoms with van der Waals surface area (Å²) in [5.74, 6) is 0.140. The standard InChI is InChI=1S/C19H22N6O2/c26-18-11-15(13-24-8-1-6-21-24)10-17(18)22-19(27)16-4-2-14(3-5-16)12-25-9-7-20-23-25/h1-9,15,17-18,26H,10-13H2,(H,22,27)/t15?,17-,18-/m1/s1. The molecule has 1 unspecified atom stereocenters. The van der Waals surface area contributed by atoms with Gasteiger partial charge in [-0.15, -0.1) is 5.10 Å². The Hall–Kier alpha value is -3.00. The van der Waals surface area contributed by atoms with Crippen LogP contribution in [-0.2, 0) is 13.1 Å². The number of nitrogens with one attached hydrogen (secondary N) is 1. The van der Waals surface area contributed by atoms with Gasteiger partial charge in [0.25, 0.3) is 5.91 Å². The molecule has 3 aromatic rings. The fraction of sp³-hybridized carbons (Fsp3) is 0.368. The molecule has 1 amide bonds. The summed E-state index contributed by atoms with van der Waals surface area (Å²) in [7, 11) is 0. The van der Waals surface area contributed by atoms with E-state index in [1.54, 1.807) is 35.4 Å². The van der Waals surface area contributed by atoms with Gasteiger partial charge in [-0.1, -0.05) is 17.3 Å². The summed E-state index contributed by atoms with van der Waals surface area (Å²) in [6.45, 7) is 1.37. The molecule has 2 heterocycles. The van der Waals surface area contributed by atoms with Crippen LogP contribution < -0.4 is 5.32 Å². The number of carbonyl (C=O) groups excluding carboxylic acids is 1. The van der Waals surface area contributed by atoms with Gasteiger partial charge in [-0.05, 0) is 42.5 Å². The Labute approximate surface area is 156 Å². The topological polar surface area (TPSA) is 97.9 Å². The van der Waals surface area contributed by atoms with Crippen LogP contribution >= 0.6 is 0 Å². The fourth-order valence-electron chi connectivity index (χ4n) is 3.61. The van der Waals surface area contributed by atoms with Crippen LogP contribution in [0.15, 0.2) is 55.1 Å². The van der Waals surface area contributed by atoms with E-state index in [1.807, 2.05) is 29.1 Å². The number of amides is 1. The zero-order chi connectivity index (χ0) is 18.6. The molecule has 8 heteroatoms. The number of benzene rings is 1. The highest BCUT2D eigenvalue weighted by Crippen LogP contribution is 2.27. The van der Waals surface area contributed by atoms with E-state index >= 15 is 0 Å². The van der Waals surface area contributed by atoms with Crippen molar-refractivity contribution in [1.29, 1.82) is 0 Å². The summed E-state index contributed by atoms with van der Waals surface area (Å²) in [5, 5.41) is 25.2. The lowest BCUT2D eigenvalue weighted by atomic mass is 10.1. The summed E-state index contributed by atoms with van der Waals surface area (Å²) < 4.78 is 3.60. The van der Waals surface area contributed by atoms with Crippen molar-refractivity contribution in [3.8, 4) is 0 Å². The molecule has 140 valence electrons. The van der Waals surface area contributed by atoms with E-state index in [-0.39, 0.29) is 11.9 Å². The van der Waals surface area contributed by atoms with Gasteiger partial charge in [0, 0.05) is 30.7 Å². The quantitative estimate of drug-likeness (QED) is 0.681. The van der Waals surface area contributed by atoms with Crippen molar-refractivity contribution in [2.75, 3.05) is 0 Å². The maximum absolute atomic E-state index is 12.5. The number of carbonyl (C=O) groups is 1. The number of nitrogens with zero attached hydrogens (tertiary/aromatic N) is 5. The number of aromatic nitrogens is 5. The maximum atomic E-state index is 12.5. The summed E-state index contributed by atoms with van der Waals surface area (Å²) in [5.41, 5.74) is 1.62. The molecule has 4 rings (SSSR count). The smallest absolute Gasteiger partial charge is 0.251 e. The first-order valence-corrected chi connectivity index (χ1v) is 9.07. The molecular weight excluding hydrogens is 344 g/mol. The van der Waals surface area contributed by atoms with Crippen LogP contribution in [0.4, 0.5) is 0 Å². The zero-order valence-corrected chi connectivity index (χ0v) is 14.8. The molecule has 2 aromatic heterocycles. The SMILES string of the molecule is O=C(N[C@@H]1CC(Cn2cccn2)C[C@H]1O)c1ccc(Cn2ccnn2)cc1. The van der Waals surface area contributed by atoms with Crippen molar-refractivity contribution in [2.24, 2.45) is 5.92 Å². The van der Waals surface area contributed by atoms with Crippen molar-refractivity contribution in [2.45, 2.75) is 38.1 Å². The molecule has 0 radical (unpaired) electrons. The molecule has 1 fully saturated rings. The van der Waals surface area contributed by atoms with Gasteiger partial charge in [-0.2, -0.15) is 5.10 Å². The normalized spacial score (nSPS) is 22.0. The van der Waals surface area contributed by atoms with Crippen molar-refractivity contribution in [1.82, 2.24) is 30.1 Å². The second kappa shape index (κ2) is 7.71. The predicted molar refractivity (Wildman–Crippen MR) is 97.8 cm³/mol. The number of aliphatic hydroxyl groups is 1. The van der Waals surface area contributed by atoms with E-state index in [9.17, 15) is 9.90 Å². The molecule has 2 N–H and O–H groups in total. The molecule has 8 nitrogen and oxygen atoms in total. The number of hydrogen-bond acceptors (Lipinski definition) is 5. The fourth-order valence-corrected chi connectivity index (χ4v) is 3.61. The lowest BCUT2D eigenvalue weighted by molar-refractivity contribution is 0.0872. The van der Waals surface area contributed by atoms with Gasteiger partial charge < -0.3 is 10.4 Å². The third kappa shape index (κ3) is 4.22. The highest BCUT2D eigenvalue weighted by Gasteiger charge is 2.34. The largest absolute Gasteiger partial charge is 0.391 e. The van der Waals surface area contributed by atoms with Crippen LogP contribution in [0.2, 0.25) is 0 Å². The Bertz CT molecular complexity index is 860. The average molecular weight is 366 g/mol. The van der Waals surface area contributed by atoms with Crippen LogP contribution in [0.25, 0.3) is 0 Å². The summed E-state index contributed by atoms with van der Waals surface area (Å²) in [4.78, 5) is 12.5. The Morgan fingerprint density at radius 3 is 2.70 bits per heavy atom. The van der Waals surface area contributed by atoms with Crippen molar-refractivity contribution >= 4 is 5.91 Å². The van der Waals surface area contributed by atoms with Crippen molar-refractivity contribution in [3.05, 3.63) is 66.2 Å². The van der Waals surface area contributed by atoms with E-state index in [0.29, 0.717) is 24.4 Å². The van der Waals surface area contributed by atoms with Gasteiger partial charge in [0.15, 0.2) is 0 Å². The van der Waals surface area contributed by atoms with Gasteiger partial charge in [0.2, 0.25) is 0 Å². The third-order valence-electron chi connectivity index (χ3n) is 4.98. The molecule has 0 spiro atoms. The Morgan fingerprint density at radius 1 is 1.15 bits per heavy atom. The second-order valence-corrected chi connectivity index (χ2v) is 7.01. The number of hydrogen-bond donors (Lipinski definition) is 2. The number of rotatable bonds is 6. The van der Waals surface area contributed by atoms with Crippen molar-refractivity contribution < 1.29 is 9.90 Å². The van der Waals surface area contributed by atoms with E-state index < -0.39 is 6.10 Å². The van der Waals surface area contributed by atoms with Crippen LogP contribution in [-0.4, -0.2) is 47.9 Å². The van der Waals surface area contributed by atoms with Gasteiger partial charge >= 0.3 is 0 Å². The summed E-state index contributed by atoms with van der Waals surface area (Å²) in [6, 6.07) is 9.06. The van der Waals surface area contributed by atoms with E-state index in [4.69, 9.17) is 0 Å². The van der Waals surface area contributed by atoms with Gasteiger partial charge in [0.1, 0.15) is 0 Å². The molecular formula is C19H22N6O2. The first-order valence-electron chi connectivity index (χ1n) is 9.07. The average Bonchev–Trinajstić information content (AvgIpc) is 3.40. The molecule has 0 saturated heterocycles. The Kier molecular flexibility index (Phi) is 4.97. The minimum absolute atomic E-state index is 0.161. The molecule has 3 atom stereocenters. The first-order chi connectivity index (χ1) is 13.2. The van der Waals surface area contributed by atoms with Crippen LogP contribution in [0.1, 0.15) is 28.8 Å². The van der Waals surface area contributed by atoms with Gasteiger partial charge in [-0.3, -0.25) is 9.48 Å². The minimum atomic E-state index is -0.527. The Balaban J connectivity index is 1.33. The van der Waals surface area contributed by atoms with Gasteiger partial charge in [-0.25, -0.2) is 4.68 Å². The lowest BCUT2D eigenvalue weighted by Crippen LogP contribution is -2.39. The monoisotopic (exact) mass is 366 g/mol. The second-order valence-electron chi connectivity index (χ2n) is 7.01. The molecule has 1 aliphatic rings. The summed E-state index contributed by atoms with van der Waals surface area (Å²) in [6.07, 6.45) is 7.98. The predicted octanol–water partition coefficient (Wildman–Crippen LogP) is 1.09. The minimum Gasteiger partial charge on any atom is -0.391 e. The Morgan fingerprint density at radius 2 is 2.00 bits per heavy atom. The molecule has 1 aliphatic carbocycles.